The molecule has 12 heteroatoms. The summed E-state index contributed by atoms with van der Waals surface area (Å²) in [5, 5.41) is 9.56. The minimum Gasteiger partial charge on any atom is -0.367 e. The van der Waals surface area contributed by atoms with Gasteiger partial charge in [0.05, 0.1) is 28.4 Å². The van der Waals surface area contributed by atoms with E-state index in [1.165, 1.54) is 0 Å². The predicted octanol–water partition coefficient (Wildman–Crippen LogP) is 1.69. The summed E-state index contributed by atoms with van der Waals surface area (Å²) in [6.45, 7) is 9.58. The van der Waals surface area contributed by atoms with Crippen LogP contribution in [-0.2, 0) is 25.6 Å². The van der Waals surface area contributed by atoms with Crippen molar-refractivity contribution in [2.24, 2.45) is 11.3 Å². The molecule has 3 N–H and O–H groups in total. The average Bonchev–Trinajstić information content (AvgIpc) is 3.43. The van der Waals surface area contributed by atoms with Crippen LogP contribution in [0, 0.1) is 11.3 Å². The van der Waals surface area contributed by atoms with Crippen molar-refractivity contribution in [3.63, 3.8) is 0 Å². The van der Waals surface area contributed by atoms with E-state index in [0.29, 0.717) is 50.4 Å². The third-order valence-electron chi connectivity index (χ3n) is 9.57. The third kappa shape index (κ3) is 6.28. The van der Waals surface area contributed by atoms with E-state index in [9.17, 15) is 19.2 Å². The van der Waals surface area contributed by atoms with Crippen molar-refractivity contribution in [1.29, 1.82) is 0 Å². The molecule has 10 nitrogen and oxygen atoms in total. The highest BCUT2D eigenvalue weighted by atomic mass is 32.2. The normalized spacial score (nSPS) is 28.9. The molecule has 6 atom stereocenters. The Morgan fingerprint density at radius 1 is 1.07 bits per heavy atom. The summed E-state index contributed by atoms with van der Waals surface area (Å²) < 4.78 is 0. The number of nitrogens with zero attached hydrogens (tertiary/aromatic N) is 3. The Balaban J connectivity index is 1.38. The second kappa shape index (κ2) is 12.7. The fourth-order valence-electron chi connectivity index (χ4n) is 6.99. The van der Waals surface area contributed by atoms with Crippen molar-refractivity contribution in [1.82, 2.24) is 30.7 Å². The van der Waals surface area contributed by atoms with Gasteiger partial charge in [0.2, 0.25) is 23.6 Å². The summed E-state index contributed by atoms with van der Waals surface area (Å²) in [4.78, 5) is 60.1. The third-order valence-corrected chi connectivity index (χ3v) is 11.3. The SMILES string of the molecule is CN[C@@H](C)C(=S)N[C@H]1CCS[C@H]2CC(C)(C)[C@@H](C(=O)N[C@H]3c4ccccc4C[C@H]3C(=O)N3CCN(C(C)=O)CC3)N2C1=O. The first-order valence-corrected chi connectivity index (χ1v) is 16.7. The predicted molar refractivity (Wildman–Crippen MR) is 171 cm³/mol. The number of piperazine rings is 1. The summed E-state index contributed by atoms with van der Waals surface area (Å²) in [5.74, 6) is 0.0127. The minimum absolute atomic E-state index is 0.00825. The number of nitrogens with one attached hydrogen (secondary N) is 3. The molecular weight excluding hydrogens is 585 g/mol. The van der Waals surface area contributed by atoms with Gasteiger partial charge < -0.3 is 30.7 Å². The Kier molecular flexibility index (Phi) is 9.39. The molecule has 43 heavy (non-hydrogen) atoms. The van der Waals surface area contributed by atoms with Gasteiger partial charge in [-0.25, -0.2) is 0 Å². The Bertz CT molecular complexity index is 1280. The lowest BCUT2D eigenvalue weighted by Gasteiger charge is -2.37. The van der Waals surface area contributed by atoms with Gasteiger partial charge in [-0.1, -0.05) is 50.3 Å². The van der Waals surface area contributed by atoms with Crippen molar-refractivity contribution in [3.8, 4) is 0 Å². The topological polar surface area (TPSA) is 114 Å². The Morgan fingerprint density at radius 2 is 1.74 bits per heavy atom. The van der Waals surface area contributed by atoms with Gasteiger partial charge in [-0.2, -0.15) is 0 Å². The van der Waals surface area contributed by atoms with Crippen LogP contribution in [0.25, 0.3) is 0 Å². The van der Waals surface area contributed by atoms with Gasteiger partial charge in [-0.15, -0.1) is 11.8 Å². The molecular formula is C31H44N6O4S2. The number of amides is 4. The van der Waals surface area contributed by atoms with E-state index in [0.717, 1.165) is 16.9 Å². The number of carbonyl (C=O) groups excluding carboxylic acids is 4. The lowest BCUT2D eigenvalue weighted by molar-refractivity contribution is -0.144. The zero-order valence-corrected chi connectivity index (χ0v) is 27.4. The highest BCUT2D eigenvalue weighted by Crippen LogP contribution is 2.47. The van der Waals surface area contributed by atoms with Crippen LogP contribution in [0.15, 0.2) is 24.3 Å². The first-order chi connectivity index (χ1) is 20.4. The molecule has 0 spiro atoms. The first-order valence-electron chi connectivity index (χ1n) is 15.3. The van der Waals surface area contributed by atoms with Crippen LogP contribution in [0.4, 0.5) is 0 Å². The molecule has 1 aromatic carbocycles. The number of thioether (sulfide) groups is 1. The molecule has 3 fully saturated rings. The molecule has 4 amide bonds. The van der Waals surface area contributed by atoms with Crippen molar-refractivity contribution in [3.05, 3.63) is 35.4 Å². The van der Waals surface area contributed by atoms with Gasteiger partial charge in [0.25, 0.3) is 0 Å². The molecule has 0 bridgehead atoms. The van der Waals surface area contributed by atoms with Crippen LogP contribution >= 0.6 is 24.0 Å². The number of hydrogen-bond acceptors (Lipinski definition) is 7. The number of likely N-dealkylation sites (N-methyl/N-ethyl adjacent to an activating group) is 1. The minimum atomic E-state index is -0.683. The number of carbonyl (C=O) groups is 4. The highest BCUT2D eigenvalue weighted by Gasteiger charge is 2.55. The lowest BCUT2D eigenvalue weighted by Crippen LogP contribution is -2.58. The smallest absolute Gasteiger partial charge is 0.246 e. The summed E-state index contributed by atoms with van der Waals surface area (Å²) in [6, 6.07) is 6.15. The van der Waals surface area contributed by atoms with Crippen LogP contribution in [0.3, 0.4) is 0 Å². The molecule has 5 rings (SSSR count). The number of benzene rings is 1. The van der Waals surface area contributed by atoms with Gasteiger partial charge in [-0.05, 0) is 55.5 Å². The molecule has 1 aromatic rings. The van der Waals surface area contributed by atoms with E-state index < -0.39 is 29.5 Å². The monoisotopic (exact) mass is 628 g/mol. The van der Waals surface area contributed by atoms with Gasteiger partial charge >= 0.3 is 0 Å². The van der Waals surface area contributed by atoms with E-state index in [-0.39, 0.29) is 35.0 Å². The molecule has 1 aliphatic carbocycles. The maximum Gasteiger partial charge on any atom is 0.246 e. The fourth-order valence-corrected chi connectivity index (χ4v) is 8.83. The van der Waals surface area contributed by atoms with E-state index in [1.807, 2.05) is 43.1 Å². The second-order valence-electron chi connectivity index (χ2n) is 12.9. The number of hydrogen-bond donors (Lipinski definition) is 3. The molecule has 0 radical (unpaired) electrons. The lowest BCUT2D eigenvalue weighted by atomic mass is 9.83. The van der Waals surface area contributed by atoms with E-state index in [1.54, 1.807) is 28.5 Å². The fraction of sp³-hybridized carbons (Fsp3) is 0.645. The maximum atomic E-state index is 14.3. The zero-order valence-electron chi connectivity index (χ0n) is 25.7. The Morgan fingerprint density at radius 3 is 2.42 bits per heavy atom. The van der Waals surface area contributed by atoms with Gasteiger partial charge in [0.1, 0.15) is 12.1 Å². The standard InChI is InChI=1S/C31H44N6O4S2/c1-18(32-5)28(42)33-23-10-15-43-24-17-31(3,4)26(37(24)30(23)41)27(39)34-25-21-9-7-6-8-20(21)16-22(25)29(40)36-13-11-35(12-14-36)19(2)38/h6-9,18,22-26,32H,10-17H2,1-5H3,(H,33,42)(H,34,39)/t18-,22+,23-,24-,25-,26+/m0/s1. The quantitative estimate of drug-likeness (QED) is 0.408. The largest absolute Gasteiger partial charge is 0.367 e. The van der Waals surface area contributed by atoms with Crippen molar-refractivity contribution >= 4 is 52.6 Å². The van der Waals surface area contributed by atoms with Gasteiger partial charge in [0, 0.05) is 33.1 Å². The number of fused-ring (bicyclic) bond motifs is 2. The van der Waals surface area contributed by atoms with Crippen LogP contribution < -0.4 is 16.0 Å². The Hall–Kier alpha value is -2.70. The molecule has 3 saturated heterocycles. The van der Waals surface area contributed by atoms with Crippen LogP contribution in [-0.4, -0.2) is 106 Å². The molecule has 3 heterocycles. The summed E-state index contributed by atoms with van der Waals surface area (Å²) in [7, 11) is 1.83. The average molecular weight is 629 g/mol. The molecule has 4 aliphatic rings. The van der Waals surface area contributed by atoms with Crippen LogP contribution in [0.5, 0.6) is 0 Å². The van der Waals surface area contributed by atoms with Crippen molar-refractivity contribution in [2.45, 2.75) is 76.5 Å². The molecule has 234 valence electrons. The Labute approximate surface area is 264 Å². The summed E-state index contributed by atoms with van der Waals surface area (Å²) in [5.41, 5.74) is 1.54. The van der Waals surface area contributed by atoms with Crippen molar-refractivity contribution in [2.75, 3.05) is 39.0 Å². The molecule has 0 saturated carbocycles. The zero-order chi connectivity index (χ0) is 31.1. The summed E-state index contributed by atoms with van der Waals surface area (Å²) in [6.07, 6.45) is 1.87. The van der Waals surface area contributed by atoms with E-state index in [4.69, 9.17) is 12.2 Å². The van der Waals surface area contributed by atoms with E-state index >= 15 is 0 Å². The van der Waals surface area contributed by atoms with Gasteiger partial charge in [0.15, 0.2) is 0 Å². The molecule has 0 unspecified atom stereocenters. The summed E-state index contributed by atoms with van der Waals surface area (Å²) >= 11 is 7.28. The first kappa shape index (κ1) is 31.7. The van der Waals surface area contributed by atoms with Crippen LogP contribution in [0.2, 0.25) is 0 Å². The number of thiocarbonyl (C=S) groups is 1. The van der Waals surface area contributed by atoms with Crippen LogP contribution in [0.1, 0.15) is 57.7 Å². The maximum absolute atomic E-state index is 14.3. The number of rotatable bonds is 6. The second-order valence-corrected chi connectivity index (χ2v) is 14.6. The molecule has 0 aromatic heterocycles. The van der Waals surface area contributed by atoms with E-state index in [2.05, 4.69) is 29.8 Å². The molecule has 3 aliphatic heterocycles. The highest BCUT2D eigenvalue weighted by molar-refractivity contribution is 7.99. The van der Waals surface area contributed by atoms with Gasteiger partial charge in [-0.3, -0.25) is 19.2 Å². The van der Waals surface area contributed by atoms with Crippen molar-refractivity contribution < 1.29 is 19.2 Å².